The molecule has 0 aliphatic heterocycles. The lowest BCUT2D eigenvalue weighted by Gasteiger charge is -2.06. The van der Waals surface area contributed by atoms with Crippen LogP contribution in [0.3, 0.4) is 0 Å². The molecule has 2 atom stereocenters. The maximum absolute atomic E-state index is 11.7. The molecule has 0 aliphatic rings. The number of amides is 2. The summed E-state index contributed by atoms with van der Waals surface area (Å²) >= 11 is 0. The van der Waals surface area contributed by atoms with Crippen molar-refractivity contribution in [3.63, 3.8) is 0 Å². The van der Waals surface area contributed by atoms with E-state index in [9.17, 15) is 9.59 Å². The summed E-state index contributed by atoms with van der Waals surface area (Å²) in [6.45, 7) is 3.89. The maximum Gasteiger partial charge on any atom is 0.331 e. The van der Waals surface area contributed by atoms with Crippen LogP contribution in [0.25, 0.3) is 0 Å². The molecule has 2 unspecified atom stereocenters. The van der Waals surface area contributed by atoms with E-state index in [0.717, 1.165) is 11.1 Å². The molecule has 6 nitrogen and oxygen atoms in total. The van der Waals surface area contributed by atoms with Crippen LogP contribution >= 0.6 is 0 Å². The first-order chi connectivity index (χ1) is 12.6. The Morgan fingerprint density at radius 2 is 1.08 bits per heavy atom. The van der Waals surface area contributed by atoms with Crippen molar-refractivity contribution in [2.45, 2.75) is 25.7 Å². The largest absolute Gasteiger partial charge is 0.331 e. The number of hydrogen-bond donors (Lipinski definition) is 2. The van der Waals surface area contributed by atoms with Gasteiger partial charge in [0.25, 0.3) is 0 Å². The van der Waals surface area contributed by atoms with Gasteiger partial charge in [0.05, 0.1) is 0 Å². The highest BCUT2D eigenvalue weighted by Gasteiger charge is 2.12. The van der Waals surface area contributed by atoms with Crippen LogP contribution in [0, 0.1) is 0 Å². The third kappa shape index (κ3) is 5.98. The van der Waals surface area contributed by atoms with Crippen LogP contribution in [0.1, 0.15) is 36.8 Å². The first-order valence-corrected chi connectivity index (χ1v) is 8.34. The Kier molecular flexibility index (Phi) is 7.24. The van der Waals surface area contributed by atoms with Gasteiger partial charge in [-0.2, -0.15) is 10.2 Å². The molecule has 6 heteroatoms. The van der Waals surface area contributed by atoms with E-state index in [-0.39, 0.29) is 11.8 Å². The van der Waals surface area contributed by atoms with Crippen molar-refractivity contribution in [1.29, 1.82) is 0 Å². The van der Waals surface area contributed by atoms with Gasteiger partial charge in [-0.05, 0) is 11.1 Å². The maximum atomic E-state index is 11.7. The Bertz CT molecular complexity index is 705. The SMILES string of the molecule is CC(/C=N/NC(=O)C(=O)N/N=C/C(C)c1ccccc1)c1ccccc1. The average molecular weight is 350 g/mol. The molecular formula is C20H22N4O2. The Hall–Kier alpha value is -3.28. The normalized spacial score (nSPS) is 13.5. The third-order valence-corrected chi connectivity index (χ3v) is 3.79. The minimum absolute atomic E-state index is 0.0179. The van der Waals surface area contributed by atoms with E-state index in [1.807, 2.05) is 74.5 Å². The molecule has 2 rings (SSSR count). The zero-order valence-corrected chi connectivity index (χ0v) is 14.8. The Balaban J connectivity index is 1.78. The first kappa shape index (κ1) is 19.1. The Morgan fingerprint density at radius 1 is 0.731 bits per heavy atom. The standard InChI is InChI=1S/C20H22N4O2/c1-15(17-9-5-3-6-10-17)13-21-23-19(25)20(26)24-22-14-16(2)18-11-7-4-8-12-18/h3-16H,1-2H3,(H,23,25)(H,24,26)/b21-13+,22-14+. The quantitative estimate of drug-likeness (QED) is 0.477. The summed E-state index contributed by atoms with van der Waals surface area (Å²) in [5.74, 6) is -1.70. The zero-order chi connectivity index (χ0) is 18.8. The van der Waals surface area contributed by atoms with E-state index in [2.05, 4.69) is 21.1 Å². The summed E-state index contributed by atoms with van der Waals surface area (Å²) in [5, 5.41) is 7.64. The van der Waals surface area contributed by atoms with Crippen LogP contribution in [0.4, 0.5) is 0 Å². The van der Waals surface area contributed by atoms with Crippen molar-refractivity contribution >= 4 is 24.2 Å². The number of carbonyl (C=O) groups is 2. The predicted molar refractivity (Wildman–Crippen MR) is 103 cm³/mol. The summed E-state index contributed by atoms with van der Waals surface area (Å²) in [7, 11) is 0. The third-order valence-electron chi connectivity index (χ3n) is 3.79. The fraction of sp³-hybridized carbons (Fsp3) is 0.200. The average Bonchev–Trinajstić information content (AvgIpc) is 2.68. The van der Waals surface area contributed by atoms with Gasteiger partial charge in [-0.1, -0.05) is 74.5 Å². The van der Waals surface area contributed by atoms with E-state index >= 15 is 0 Å². The summed E-state index contributed by atoms with van der Waals surface area (Å²) in [6.07, 6.45) is 3.14. The molecule has 2 amide bonds. The highest BCUT2D eigenvalue weighted by atomic mass is 16.2. The highest BCUT2D eigenvalue weighted by Crippen LogP contribution is 2.12. The summed E-state index contributed by atoms with van der Waals surface area (Å²) in [5.41, 5.74) is 6.52. The molecule has 2 aromatic carbocycles. The topological polar surface area (TPSA) is 82.9 Å². The molecule has 134 valence electrons. The van der Waals surface area contributed by atoms with Crippen LogP contribution in [-0.4, -0.2) is 24.2 Å². The second kappa shape index (κ2) is 9.88. The second-order valence-electron chi connectivity index (χ2n) is 5.84. The Labute approximate surface area is 153 Å². The number of rotatable bonds is 6. The van der Waals surface area contributed by atoms with Gasteiger partial charge in [-0.3, -0.25) is 9.59 Å². The molecule has 0 heterocycles. The highest BCUT2D eigenvalue weighted by molar-refractivity contribution is 6.35. The summed E-state index contributed by atoms with van der Waals surface area (Å²) in [4.78, 5) is 23.4. The molecule has 0 saturated carbocycles. The number of benzene rings is 2. The second-order valence-corrected chi connectivity index (χ2v) is 5.84. The van der Waals surface area contributed by atoms with Gasteiger partial charge < -0.3 is 0 Å². The molecular weight excluding hydrogens is 328 g/mol. The fourth-order valence-electron chi connectivity index (χ4n) is 2.20. The molecule has 0 bridgehead atoms. The van der Waals surface area contributed by atoms with Crippen LogP contribution in [0.5, 0.6) is 0 Å². The molecule has 0 spiro atoms. The molecule has 2 N–H and O–H groups in total. The predicted octanol–water partition coefficient (Wildman–Crippen LogP) is 2.80. The molecule has 0 fully saturated rings. The van der Waals surface area contributed by atoms with Crippen LogP contribution in [-0.2, 0) is 9.59 Å². The first-order valence-electron chi connectivity index (χ1n) is 8.34. The van der Waals surface area contributed by atoms with Crippen molar-refractivity contribution < 1.29 is 9.59 Å². The van der Waals surface area contributed by atoms with Gasteiger partial charge in [-0.15, -0.1) is 0 Å². The van der Waals surface area contributed by atoms with Crippen molar-refractivity contribution in [3.8, 4) is 0 Å². The van der Waals surface area contributed by atoms with Crippen LogP contribution in [0.2, 0.25) is 0 Å². The number of hydrogen-bond acceptors (Lipinski definition) is 4. The monoisotopic (exact) mass is 350 g/mol. The van der Waals surface area contributed by atoms with Crippen molar-refractivity contribution in [1.82, 2.24) is 10.9 Å². The molecule has 0 aromatic heterocycles. The van der Waals surface area contributed by atoms with Gasteiger partial charge in [0.1, 0.15) is 0 Å². The van der Waals surface area contributed by atoms with Gasteiger partial charge in [0, 0.05) is 24.3 Å². The molecule has 0 radical (unpaired) electrons. The van der Waals surface area contributed by atoms with Crippen molar-refractivity contribution in [3.05, 3.63) is 71.8 Å². The van der Waals surface area contributed by atoms with E-state index in [4.69, 9.17) is 0 Å². The lowest BCUT2D eigenvalue weighted by atomic mass is 10.0. The number of carbonyl (C=O) groups excluding carboxylic acids is 2. The summed E-state index contributed by atoms with van der Waals surface area (Å²) < 4.78 is 0. The lowest BCUT2D eigenvalue weighted by molar-refractivity contribution is -0.139. The summed E-state index contributed by atoms with van der Waals surface area (Å²) in [6, 6.07) is 19.4. The number of hydrazone groups is 2. The van der Waals surface area contributed by atoms with E-state index in [1.54, 1.807) is 12.4 Å². The van der Waals surface area contributed by atoms with E-state index < -0.39 is 11.8 Å². The van der Waals surface area contributed by atoms with E-state index in [1.165, 1.54) is 0 Å². The fourth-order valence-corrected chi connectivity index (χ4v) is 2.20. The van der Waals surface area contributed by atoms with E-state index in [0.29, 0.717) is 0 Å². The lowest BCUT2D eigenvalue weighted by Crippen LogP contribution is -2.35. The van der Waals surface area contributed by atoms with Crippen LogP contribution in [0.15, 0.2) is 70.9 Å². The molecule has 0 saturated heterocycles. The van der Waals surface area contributed by atoms with Crippen molar-refractivity contribution in [2.75, 3.05) is 0 Å². The minimum Gasteiger partial charge on any atom is -0.262 e. The molecule has 0 aliphatic carbocycles. The van der Waals surface area contributed by atoms with Crippen LogP contribution < -0.4 is 10.9 Å². The zero-order valence-electron chi connectivity index (χ0n) is 14.8. The number of nitrogens with zero attached hydrogens (tertiary/aromatic N) is 2. The molecule has 26 heavy (non-hydrogen) atoms. The Morgan fingerprint density at radius 3 is 1.42 bits per heavy atom. The van der Waals surface area contributed by atoms with Gasteiger partial charge >= 0.3 is 11.8 Å². The number of nitrogens with one attached hydrogen (secondary N) is 2. The minimum atomic E-state index is -0.869. The molecule has 2 aromatic rings. The van der Waals surface area contributed by atoms with Crippen molar-refractivity contribution in [2.24, 2.45) is 10.2 Å². The smallest absolute Gasteiger partial charge is 0.262 e. The van der Waals surface area contributed by atoms with Gasteiger partial charge in [0.2, 0.25) is 0 Å². The van der Waals surface area contributed by atoms with Gasteiger partial charge in [-0.25, -0.2) is 10.9 Å². The van der Waals surface area contributed by atoms with Gasteiger partial charge in [0.15, 0.2) is 0 Å².